The summed E-state index contributed by atoms with van der Waals surface area (Å²) < 4.78 is 27.2. The van der Waals surface area contributed by atoms with Crippen molar-refractivity contribution in [1.29, 1.82) is 0 Å². The molecule has 0 fully saturated rings. The van der Waals surface area contributed by atoms with Gasteiger partial charge in [0, 0.05) is 0 Å². The third kappa shape index (κ3) is 3.52. The normalized spacial score (nSPS) is 10.8. The second kappa shape index (κ2) is 5.47. The van der Waals surface area contributed by atoms with Crippen molar-refractivity contribution in [3.05, 3.63) is 30.3 Å². The molecular formula is C9H11NO5S. The van der Waals surface area contributed by atoms with Gasteiger partial charge in [0.1, 0.15) is 4.90 Å². The molecule has 88 valence electrons. The number of rotatable bonds is 4. The maximum Gasteiger partial charge on any atom is 0.447 e. The minimum absolute atomic E-state index is 0.0957. The topological polar surface area (TPSA) is 81.7 Å². The molecule has 0 aliphatic heterocycles. The molecule has 0 radical (unpaired) electrons. The van der Waals surface area contributed by atoms with Crippen LogP contribution in [0.2, 0.25) is 0 Å². The highest BCUT2D eigenvalue weighted by molar-refractivity contribution is 7.87. The predicted octanol–water partition coefficient (Wildman–Crippen LogP) is 1.05. The molecule has 0 aliphatic carbocycles. The number of amides is 1. The number of carbonyl (C=O) groups is 1. The fourth-order valence-electron chi connectivity index (χ4n) is 0.883. The van der Waals surface area contributed by atoms with Gasteiger partial charge >= 0.3 is 16.2 Å². The van der Waals surface area contributed by atoms with E-state index in [0.29, 0.717) is 0 Å². The van der Waals surface area contributed by atoms with Crippen LogP contribution in [0.3, 0.4) is 0 Å². The Morgan fingerprint density at radius 1 is 1.31 bits per heavy atom. The van der Waals surface area contributed by atoms with Gasteiger partial charge in [-0.05, 0) is 19.1 Å². The number of hydrogen-bond acceptors (Lipinski definition) is 5. The fraction of sp³-hybridized carbons (Fsp3) is 0.222. The third-order valence-corrected chi connectivity index (χ3v) is 2.74. The maximum atomic E-state index is 11.5. The van der Waals surface area contributed by atoms with Gasteiger partial charge in [-0.3, -0.25) is 4.84 Å². The van der Waals surface area contributed by atoms with Gasteiger partial charge in [0.05, 0.1) is 6.61 Å². The van der Waals surface area contributed by atoms with E-state index in [1.54, 1.807) is 13.0 Å². The Morgan fingerprint density at radius 3 is 2.50 bits per heavy atom. The van der Waals surface area contributed by atoms with E-state index in [0.717, 1.165) is 0 Å². The minimum Gasteiger partial charge on any atom is -0.323 e. The number of hydroxylamine groups is 1. The Balaban J connectivity index is 2.70. The molecular weight excluding hydrogens is 234 g/mol. The highest BCUT2D eigenvalue weighted by atomic mass is 32.2. The summed E-state index contributed by atoms with van der Waals surface area (Å²) in [6, 6.07) is 7.35. The second-order valence-electron chi connectivity index (χ2n) is 2.67. The Kier molecular flexibility index (Phi) is 4.27. The van der Waals surface area contributed by atoms with E-state index >= 15 is 0 Å². The number of hydrogen-bond donors (Lipinski definition) is 1. The average molecular weight is 245 g/mol. The molecule has 16 heavy (non-hydrogen) atoms. The first kappa shape index (κ1) is 12.5. The molecule has 6 nitrogen and oxygen atoms in total. The zero-order chi connectivity index (χ0) is 12.0. The molecule has 1 amide bonds. The lowest BCUT2D eigenvalue weighted by atomic mass is 10.4. The van der Waals surface area contributed by atoms with E-state index in [2.05, 4.69) is 9.02 Å². The van der Waals surface area contributed by atoms with Crippen LogP contribution in [0.15, 0.2) is 35.2 Å². The largest absolute Gasteiger partial charge is 0.447 e. The first-order valence-corrected chi connectivity index (χ1v) is 5.88. The summed E-state index contributed by atoms with van der Waals surface area (Å²) in [6.45, 7) is 1.84. The van der Waals surface area contributed by atoms with Crippen LogP contribution < -0.4 is 5.48 Å². The monoisotopic (exact) mass is 245 g/mol. The molecule has 1 aromatic rings. The van der Waals surface area contributed by atoms with Crippen LogP contribution in [0.1, 0.15) is 6.92 Å². The molecule has 0 heterocycles. The zero-order valence-corrected chi connectivity index (χ0v) is 9.36. The highest BCUT2D eigenvalue weighted by Crippen LogP contribution is 2.10. The molecule has 0 bridgehead atoms. The summed E-state index contributed by atoms with van der Waals surface area (Å²) in [4.78, 5) is 15.3. The molecule has 1 N–H and O–H groups in total. The van der Waals surface area contributed by atoms with Crippen molar-refractivity contribution in [2.75, 3.05) is 6.61 Å². The molecule has 0 aromatic heterocycles. The van der Waals surface area contributed by atoms with Crippen LogP contribution in [-0.2, 0) is 19.1 Å². The third-order valence-electron chi connectivity index (χ3n) is 1.52. The van der Waals surface area contributed by atoms with Crippen molar-refractivity contribution in [3.8, 4) is 0 Å². The van der Waals surface area contributed by atoms with Crippen molar-refractivity contribution in [3.63, 3.8) is 0 Å². The van der Waals surface area contributed by atoms with Crippen molar-refractivity contribution in [2.24, 2.45) is 0 Å². The van der Waals surface area contributed by atoms with E-state index in [1.807, 2.05) is 5.48 Å². The number of nitrogens with one attached hydrogen (secondary N) is 1. The van der Waals surface area contributed by atoms with Gasteiger partial charge in [-0.2, -0.15) is 13.9 Å². The number of carbonyl (C=O) groups excluding carboxylic acids is 1. The quantitative estimate of drug-likeness (QED) is 0.633. The van der Waals surface area contributed by atoms with Crippen molar-refractivity contribution >= 4 is 16.2 Å². The average Bonchev–Trinajstić information content (AvgIpc) is 2.27. The summed E-state index contributed by atoms with van der Waals surface area (Å²) in [5, 5.41) is 0. The van der Waals surface area contributed by atoms with Gasteiger partial charge in [-0.1, -0.05) is 18.2 Å². The van der Waals surface area contributed by atoms with Crippen molar-refractivity contribution in [2.45, 2.75) is 11.8 Å². The Hall–Kier alpha value is -1.60. The lowest BCUT2D eigenvalue weighted by Crippen LogP contribution is -2.27. The summed E-state index contributed by atoms with van der Waals surface area (Å²) >= 11 is 0. The summed E-state index contributed by atoms with van der Waals surface area (Å²) in [5.74, 6) is 0. The van der Waals surface area contributed by atoms with Crippen molar-refractivity contribution in [1.82, 2.24) is 5.48 Å². The highest BCUT2D eigenvalue weighted by Gasteiger charge is 2.19. The van der Waals surface area contributed by atoms with E-state index in [-0.39, 0.29) is 11.5 Å². The molecule has 1 aromatic carbocycles. The second-order valence-corrected chi connectivity index (χ2v) is 4.22. The standard InChI is InChI=1S/C9H11NO5S/c1-2-14-10-9(11)15-16(12,13)8-6-4-3-5-7-8/h3-7H,2H2,1H3,(H,10,11). The lowest BCUT2D eigenvalue weighted by molar-refractivity contribution is 0.0543. The van der Waals surface area contributed by atoms with Gasteiger partial charge in [0.2, 0.25) is 0 Å². The van der Waals surface area contributed by atoms with Gasteiger partial charge in [-0.15, -0.1) is 0 Å². The van der Waals surface area contributed by atoms with Gasteiger partial charge in [0.15, 0.2) is 0 Å². The first-order chi connectivity index (χ1) is 7.56. The molecule has 0 atom stereocenters. The molecule has 1 rings (SSSR count). The van der Waals surface area contributed by atoms with Gasteiger partial charge < -0.3 is 4.18 Å². The van der Waals surface area contributed by atoms with Crippen LogP contribution in [0, 0.1) is 0 Å². The fourth-order valence-corrected chi connectivity index (χ4v) is 1.70. The van der Waals surface area contributed by atoms with Crippen LogP contribution in [0.4, 0.5) is 4.79 Å². The molecule has 0 saturated carbocycles. The van der Waals surface area contributed by atoms with E-state index < -0.39 is 16.2 Å². The van der Waals surface area contributed by atoms with Gasteiger partial charge in [0.25, 0.3) is 0 Å². The molecule has 0 unspecified atom stereocenters. The van der Waals surface area contributed by atoms with E-state index in [1.165, 1.54) is 24.3 Å². The maximum absolute atomic E-state index is 11.5. The molecule has 7 heteroatoms. The smallest absolute Gasteiger partial charge is 0.323 e. The van der Waals surface area contributed by atoms with Crippen LogP contribution >= 0.6 is 0 Å². The zero-order valence-electron chi connectivity index (χ0n) is 8.54. The van der Waals surface area contributed by atoms with Crippen LogP contribution in [0.25, 0.3) is 0 Å². The SMILES string of the molecule is CCONC(=O)OS(=O)(=O)c1ccccc1. The Labute approximate surface area is 93.3 Å². The van der Waals surface area contributed by atoms with Gasteiger partial charge in [-0.25, -0.2) is 4.79 Å². The molecule has 0 saturated heterocycles. The Morgan fingerprint density at radius 2 is 1.94 bits per heavy atom. The summed E-state index contributed by atoms with van der Waals surface area (Å²) in [6.07, 6.45) is -1.18. The summed E-state index contributed by atoms with van der Waals surface area (Å²) in [7, 11) is -4.08. The summed E-state index contributed by atoms with van der Waals surface area (Å²) in [5.41, 5.74) is 1.82. The van der Waals surface area contributed by atoms with Crippen LogP contribution in [-0.4, -0.2) is 21.1 Å². The van der Waals surface area contributed by atoms with E-state index in [4.69, 9.17) is 0 Å². The molecule has 0 aliphatic rings. The lowest BCUT2D eigenvalue weighted by Gasteiger charge is -2.05. The van der Waals surface area contributed by atoms with Crippen molar-refractivity contribution < 1.29 is 22.2 Å². The minimum atomic E-state index is -4.08. The molecule has 0 spiro atoms. The van der Waals surface area contributed by atoms with E-state index in [9.17, 15) is 13.2 Å². The van der Waals surface area contributed by atoms with Crippen LogP contribution in [0.5, 0.6) is 0 Å². The predicted molar refractivity (Wildman–Crippen MR) is 54.9 cm³/mol. The Bertz CT molecular complexity index is 442. The number of benzene rings is 1. The first-order valence-electron chi connectivity index (χ1n) is 4.47.